The quantitative estimate of drug-likeness (QED) is 0.0889. The van der Waals surface area contributed by atoms with Gasteiger partial charge in [0.2, 0.25) is 29.5 Å². The van der Waals surface area contributed by atoms with E-state index in [4.69, 9.17) is 9.47 Å². The molecular formula is C58H71F3N10O8. The number of nitrogens with zero attached hydrogens (tertiary/aromatic N) is 4. The molecule has 79 heavy (non-hydrogen) atoms. The predicted octanol–water partition coefficient (Wildman–Crippen LogP) is 3.98. The number of hydrogen-bond acceptors (Lipinski definition) is 12. The molecule has 6 N–H and O–H groups in total. The summed E-state index contributed by atoms with van der Waals surface area (Å²) >= 11 is 0. The zero-order chi connectivity index (χ0) is 56.1. The van der Waals surface area contributed by atoms with Crippen LogP contribution in [0.5, 0.6) is 0 Å². The van der Waals surface area contributed by atoms with Crippen LogP contribution < -0.4 is 36.8 Å². The van der Waals surface area contributed by atoms with E-state index in [2.05, 4.69) is 55.5 Å². The molecule has 3 fully saturated rings. The zero-order valence-corrected chi connectivity index (χ0v) is 45.3. The van der Waals surface area contributed by atoms with Crippen molar-refractivity contribution in [2.45, 2.75) is 95.2 Å². The van der Waals surface area contributed by atoms with Crippen molar-refractivity contribution in [1.29, 1.82) is 0 Å². The van der Waals surface area contributed by atoms with Crippen LogP contribution in [0.1, 0.15) is 74.4 Å². The number of carbonyl (C=O) groups excluding carboxylic acids is 6. The first-order chi connectivity index (χ1) is 37.9. The Bertz CT molecular complexity index is 2910. The highest BCUT2D eigenvalue weighted by Gasteiger charge is 2.48. The van der Waals surface area contributed by atoms with Crippen LogP contribution in [0, 0.1) is 23.4 Å². The fourth-order valence-electron chi connectivity index (χ4n) is 11.5. The first-order valence-electron chi connectivity index (χ1n) is 27.2. The highest BCUT2D eigenvalue weighted by atomic mass is 19.1. The largest absolute Gasteiger partial charge is 0.381 e. The fourth-order valence-corrected chi connectivity index (χ4v) is 11.5. The molecule has 0 aliphatic carbocycles. The number of likely N-dealkylation sites (N-methyl/N-ethyl adjacent to an activating group) is 1. The second-order valence-electron chi connectivity index (χ2n) is 21.8. The average Bonchev–Trinajstić information content (AvgIpc) is 4.20. The van der Waals surface area contributed by atoms with Crippen molar-refractivity contribution in [3.63, 3.8) is 0 Å². The molecule has 5 heterocycles. The lowest BCUT2D eigenvalue weighted by Gasteiger charge is -2.43. The van der Waals surface area contributed by atoms with Crippen LogP contribution in [-0.4, -0.2) is 160 Å². The third-order valence-electron chi connectivity index (χ3n) is 16.2. The number of fused-ring (bicyclic) bond motifs is 2. The van der Waals surface area contributed by atoms with Crippen LogP contribution in [0.4, 0.5) is 30.2 Å². The molecule has 6 amide bonds. The van der Waals surface area contributed by atoms with Crippen molar-refractivity contribution in [2.24, 2.45) is 5.92 Å². The van der Waals surface area contributed by atoms with Gasteiger partial charge in [-0.25, -0.2) is 13.2 Å². The number of para-hydroxylation sites is 1. The number of amides is 6. The maximum atomic E-state index is 15.0. The van der Waals surface area contributed by atoms with Gasteiger partial charge in [-0.2, -0.15) is 0 Å². The predicted molar refractivity (Wildman–Crippen MR) is 290 cm³/mol. The van der Waals surface area contributed by atoms with E-state index in [0.717, 1.165) is 42.4 Å². The molecule has 18 nitrogen and oxygen atoms in total. The number of halogens is 3. The molecular weight excluding hydrogens is 1020 g/mol. The Kier molecular flexibility index (Phi) is 17.8. The van der Waals surface area contributed by atoms with E-state index >= 15 is 8.78 Å². The van der Waals surface area contributed by atoms with Gasteiger partial charge >= 0.3 is 0 Å². The lowest BCUT2D eigenvalue weighted by Crippen LogP contribution is -2.62. The van der Waals surface area contributed by atoms with Gasteiger partial charge in [0, 0.05) is 82.0 Å². The van der Waals surface area contributed by atoms with Crippen LogP contribution in [0.15, 0.2) is 78.9 Å². The lowest BCUT2D eigenvalue weighted by atomic mass is 9.83. The van der Waals surface area contributed by atoms with Crippen LogP contribution >= 0.6 is 0 Å². The molecule has 5 aliphatic heterocycles. The van der Waals surface area contributed by atoms with Gasteiger partial charge < -0.3 is 51.2 Å². The summed E-state index contributed by atoms with van der Waals surface area (Å²) in [6, 6.07) is 16.9. The number of nitrogens with one attached hydrogen (secondary N) is 6. The molecule has 422 valence electrons. The average molecular weight is 1090 g/mol. The molecule has 21 heteroatoms. The van der Waals surface area contributed by atoms with E-state index in [-0.39, 0.29) is 66.7 Å². The molecule has 0 bridgehead atoms. The first-order valence-corrected chi connectivity index (χ1v) is 27.2. The number of hydrogen-bond donors (Lipinski definition) is 6. The molecule has 0 radical (unpaired) electrons. The topological polar surface area (TPSA) is 206 Å². The van der Waals surface area contributed by atoms with E-state index < -0.39 is 76.9 Å². The van der Waals surface area contributed by atoms with Gasteiger partial charge in [-0.3, -0.25) is 38.6 Å². The second-order valence-corrected chi connectivity index (χ2v) is 21.8. The summed E-state index contributed by atoms with van der Waals surface area (Å²) in [6.07, 6.45) is 1.35. The Balaban J connectivity index is 0.934. The first kappa shape index (κ1) is 57.0. The fraction of sp³-hybridized carbons (Fsp3) is 0.483. The van der Waals surface area contributed by atoms with Gasteiger partial charge in [0.25, 0.3) is 5.91 Å². The summed E-state index contributed by atoms with van der Waals surface area (Å²) in [5, 5.41) is 17.3. The number of rotatable bonds is 17. The third kappa shape index (κ3) is 12.8. The Morgan fingerprint density at radius 2 is 1.59 bits per heavy atom. The summed E-state index contributed by atoms with van der Waals surface area (Å²) in [5.41, 5.74) is 1.86. The van der Waals surface area contributed by atoms with Crippen molar-refractivity contribution in [3.05, 3.63) is 124 Å². The number of carbonyl (C=O) groups is 6. The van der Waals surface area contributed by atoms with E-state index in [1.165, 1.54) is 23.1 Å². The minimum absolute atomic E-state index is 0.00468. The Morgan fingerprint density at radius 1 is 0.861 bits per heavy atom. The van der Waals surface area contributed by atoms with Crippen molar-refractivity contribution < 1.29 is 51.4 Å². The molecule has 5 aliphatic rings. The van der Waals surface area contributed by atoms with Gasteiger partial charge in [-0.05, 0) is 130 Å². The van der Waals surface area contributed by atoms with Crippen LogP contribution in [0.25, 0.3) is 0 Å². The summed E-state index contributed by atoms with van der Waals surface area (Å²) in [6.45, 7) is 12.0. The van der Waals surface area contributed by atoms with Gasteiger partial charge in [-0.15, -0.1) is 0 Å². The minimum atomic E-state index is -1.46. The molecule has 0 saturated carbocycles. The van der Waals surface area contributed by atoms with Gasteiger partial charge in [0.05, 0.1) is 37.8 Å². The summed E-state index contributed by atoms with van der Waals surface area (Å²) in [7, 11) is 1.61. The maximum absolute atomic E-state index is 15.0. The third-order valence-corrected chi connectivity index (χ3v) is 16.2. The summed E-state index contributed by atoms with van der Waals surface area (Å²) in [5.74, 6) is -6.05. The maximum Gasteiger partial charge on any atom is 0.252 e. The Labute approximate surface area is 458 Å². The van der Waals surface area contributed by atoms with Crippen molar-refractivity contribution >= 4 is 52.5 Å². The lowest BCUT2D eigenvalue weighted by molar-refractivity contribution is -0.144. The molecule has 0 aromatic heterocycles. The van der Waals surface area contributed by atoms with Gasteiger partial charge in [0.15, 0.2) is 0 Å². The van der Waals surface area contributed by atoms with Crippen LogP contribution in [0.3, 0.4) is 0 Å². The number of piperazine rings is 1. The van der Waals surface area contributed by atoms with Crippen molar-refractivity contribution in [3.8, 4) is 0 Å². The number of anilines is 3. The molecule has 9 rings (SSSR count). The molecule has 3 saturated heterocycles. The Hall–Kier alpha value is -6.75. The van der Waals surface area contributed by atoms with E-state index in [1.807, 2.05) is 18.2 Å². The number of ether oxygens (including phenoxy) is 2. The highest BCUT2D eigenvalue weighted by molar-refractivity contribution is 6.05. The smallest absolute Gasteiger partial charge is 0.252 e. The van der Waals surface area contributed by atoms with Crippen molar-refractivity contribution in [2.75, 3.05) is 94.8 Å². The van der Waals surface area contributed by atoms with E-state index in [0.29, 0.717) is 75.6 Å². The minimum Gasteiger partial charge on any atom is -0.381 e. The molecule has 4 aromatic rings. The summed E-state index contributed by atoms with van der Waals surface area (Å²) < 4.78 is 55.2. The van der Waals surface area contributed by atoms with Gasteiger partial charge in [-0.1, -0.05) is 36.4 Å². The Morgan fingerprint density at radius 3 is 2.32 bits per heavy atom. The zero-order valence-electron chi connectivity index (χ0n) is 45.3. The van der Waals surface area contributed by atoms with Crippen molar-refractivity contribution in [1.82, 2.24) is 36.0 Å². The van der Waals surface area contributed by atoms with E-state index in [1.54, 1.807) is 50.1 Å². The molecule has 0 spiro atoms. The monoisotopic (exact) mass is 1090 g/mol. The second kappa shape index (κ2) is 24.7. The number of morpholine rings is 1. The standard InChI is InChI=1S/C58H71F3N10O8/c1-34-28-69(43(26-63-34)30-68-19-22-79-32-35(68)2)31-50(73)71-33-58(4,45-16-11-38(24-48(45)71)23-37-9-13-41(59)14-10-37)57(77)64-27-49(72)65-42-15-12-40-29-70(53(44(40)25-42)55(75)67-52-46(60)7-6-8-47(52)61)56(76)51(39-17-20-78-21-18-39)66-54(74)36(3)62-5/h6-16,24-25,34-36,39,43,51,53,62-63H,17-23,26-33H2,1-5H3,(H,64,77)(H,65,72)(H,66,74)(H,67,75)/t34-,35-,36+,43-,51+,53+,58?/m1/s1. The SMILES string of the molecule is CN[C@@H](C)C(=O)N[C@H](C(=O)N1Cc2ccc(NC(=O)CNC(=O)C3(C)CN(C(=O)CN4C[C@@H](C)NC[C@@H]4CN4CCOC[C@H]4C)c4cc(Cc5ccc(F)cc5)ccc43)cc2[C@H]1C(=O)Nc1c(F)cccc1F)C1CCOCC1. The number of benzene rings is 4. The highest BCUT2D eigenvalue weighted by Crippen LogP contribution is 2.43. The van der Waals surface area contributed by atoms with Gasteiger partial charge in [0.1, 0.15) is 35.2 Å². The normalized spacial score (nSPS) is 23.3. The van der Waals surface area contributed by atoms with Crippen LogP contribution in [0.2, 0.25) is 0 Å². The molecule has 7 atom stereocenters. The van der Waals surface area contributed by atoms with Crippen LogP contribution in [-0.2, 0) is 56.6 Å². The molecule has 1 unspecified atom stereocenters. The van der Waals surface area contributed by atoms with E-state index in [9.17, 15) is 33.2 Å². The summed E-state index contributed by atoms with van der Waals surface area (Å²) in [4.78, 5) is 93.3. The molecule has 4 aromatic carbocycles.